The molecule has 1 aromatic rings. The van der Waals surface area contributed by atoms with Crippen molar-refractivity contribution in [2.45, 2.75) is 76.0 Å². The largest absolute Gasteiger partial charge is 0.311 e. The maximum absolute atomic E-state index is 3.79. The van der Waals surface area contributed by atoms with Crippen molar-refractivity contribution in [3.8, 4) is 0 Å². The first-order valence-electron chi connectivity index (χ1n) is 8.43. The first-order valence-corrected chi connectivity index (χ1v) is 9.31. The molecular formula is C17H26N2S. The van der Waals surface area contributed by atoms with Crippen LogP contribution in [-0.2, 0) is 6.42 Å². The van der Waals surface area contributed by atoms with E-state index in [-0.39, 0.29) is 0 Å². The summed E-state index contributed by atoms with van der Waals surface area (Å²) in [5, 5.41) is 6.10. The summed E-state index contributed by atoms with van der Waals surface area (Å²) in [5.74, 6) is 0. The number of fused-ring (bicyclic) bond motifs is 3. The molecule has 0 saturated carbocycles. The molecule has 0 amide bonds. The lowest BCUT2D eigenvalue weighted by atomic mass is 9.89. The Bertz CT molecular complexity index is 457. The minimum atomic E-state index is 0.706. The molecule has 3 heterocycles. The number of hydrogen-bond acceptors (Lipinski definition) is 3. The van der Waals surface area contributed by atoms with E-state index in [9.17, 15) is 0 Å². The van der Waals surface area contributed by atoms with Crippen molar-refractivity contribution < 1.29 is 0 Å². The third kappa shape index (κ3) is 2.24. The fourth-order valence-corrected chi connectivity index (χ4v) is 5.82. The molecule has 3 atom stereocenters. The molecule has 110 valence electrons. The van der Waals surface area contributed by atoms with Crippen LogP contribution in [0.3, 0.4) is 0 Å². The molecule has 4 rings (SSSR count). The van der Waals surface area contributed by atoms with Gasteiger partial charge in [0, 0.05) is 29.0 Å². The molecule has 20 heavy (non-hydrogen) atoms. The zero-order valence-corrected chi connectivity index (χ0v) is 13.3. The predicted octanol–water partition coefficient (Wildman–Crippen LogP) is 3.73. The molecule has 1 aromatic heterocycles. The quantitative estimate of drug-likeness (QED) is 0.912. The van der Waals surface area contributed by atoms with E-state index in [0.717, 1.165) is 18.1 Å². The number of nitrogens with one attached hydrogen (secondary N) is 1. The maximum atomic E-state index is 3.79. The monoisotopic (exact) mass is 290 g/mol. The predicted molar refractivity (Wildman–Crippen MR) is 85.3 cm³/mol. The second-order valence-electron chi connectivity index (χ2n) is 6.80. The van der Waals surface area contributed by atoms with Crippen LogP contribution in [0.2, 0.25) is 0 Å². The van der Waals surface area contributed by atoms with Gasteiger partial charge >= 0.3 is 0 Å². The smallest absolute Gasteiger partial charge is 0.0362 e. The SMILES string of the molecule is CCN(C1CC2CCC(C1)N2)C1CCCc2sccc21. The van der Waals surface area contributed by atoms with Gasteiger partial charge in [0.25, 0.3) is 0 Å². The van der Waals surface area contributed by atoms with Crippen LogP contribution in [0, 0.1) is 0 Å². The number of piperidine rings is 1. The molecule has 1 aliphatic carbocycles. The molecule has 3 aliphatic rings. The van der Waals surface area contributed by atoms with Crippen molar-refractivity contribution in [3.63, 3.8) is 0 Å². The summed E-state index contributed by atoms with van der Waals surface area (Å²) in [6.45, 7) is 3.58. The van der Waals surface area contributed by atoms with Crippen molar-refractivity contribution in [2.24, 2.45) is 0 Å². The van der Waals surface area contributed by atoms with E-state index in [4.69, 9.17) is 0 Å². The van der Waals surface area contributed by atoms with Crippen LogP contribution in [0.4, 0.5) is 0 Å². The molecule has 3 unspecified atom stereocenters. The van der Waals surface area contributed by atoms with Gasteiger partial charge in [-0.1, -0.05) is 6.92 Å². The Morgan fingerprint density at radius 1 is 1.25 bits per heavy atom. The van der Waals surface area contributed by atoms with Crippen LogP contribution in [0.5, 0.6) is 0 Å². The van der Waals surface area contributed by atoms with Crippen LogP contribution >= 0.6 is 11.3 Å². The highest BCUT2D eigenvalue weighted by Crippen LogP contribution is 2.40. The van der Waals surface area contributed by atoms with Gasteiger partial charge in [-0.25, -0.2) is 0 Å². The first-order chi connectivity index (χ1) is 9.85. The van der Waals surface area contributed by atoms with E-state index in [0.29, 0.717) is 6.04 Å². The van der Waals surface area contributed by atoms with E-state index >= 15 is 0 Å². The average Bonchev–Trinajstić information content (AvgIpc) is 3.07. The lowest BCUT2D eigenvalue weighted by Gasteiger charge is -2.43. The fraction of sp³-hybridized carbons (Fsp3) is 0.765. The number of rotatable bonds is 3. The Morgan fingerprint density at radius 2 is 2.05 bits per heavy atom. The van der Waals surface area contributed by atoms with Gasteiger partial charge in [0.2, 0.25) is 0 Å². The number of hydrogen-bond donors (Lipinski definition) is 1. The Hall–Kier alpha value is -0.380. The summed E-state index contributed by atoms with van der Waals surface area (Å²) in [6.07, 6.45) is 9.64. The van der Waals surface area contributed by atoms with Crippen LogP contribution in [0.25, 0.3) is 0 Å². The Labute approximate surface area is 126 Å². The lowest BCUT2D eigenvalue weighted by molar-refractivity contribution is 0.0901. The molecule has 2 aliphatic heterocycles. The number of thiophene rings is 1. The van der Waals surface area contributed by atoms with Gasteiger partial charge in [-0.3, -0.25) is 4.90 Å². The molecule has 2 saturated heterocycles. The van der Waals surface area contributed by atoms with E-state index in [1.54, 1.807) is 10.4 Å². The molecular weight excluding hydrogens is 264 g/mol. The van der Waals surface area contributed by atoms with Crippen molar-refractivity contribution in [1.29, 1.82) is 0 Å². The van der Waals surface area contributed by atoms with Gasteiger partial charge < -0.3 is 5.32 Å². The highest BCUT2D eigenvalue weighted by atomic mass is 32.1. The van der Waals surface area contributed by atoms with Crippen molar-refractivity contribution >= 4 is 11.3 Å². The van der Waals surface area contributed by atoms with Gasteiger partial charge in [0.05, 0.1) is 0 Å². The molecule has 2 fully saturated rings. The minimum Gasteiger partial charge on any atom is -0.311 e. The summed E-state index contributed by atoms with van der Waals surface area (Å²) in [6, 6.07) is 5.53. The summed E-state index contributed by atoms with van der Waals surface area (Å²) < 4.78 is 0. The molecule has 0 radical (unpaired) electrons. The topological polar surface area (TPSA) is 15.3 Å². The zero-order chi connectivity index (χ0) is 13.5. The van der Waals surface area contributed by atoms with Gasteiger partial charge in [-0.05, 0) is 68.5 Å². The van der Waals surface area contributed by atoms with Crippen LogP contribution in [-0.4, -0.2) is 29.6 Å². The third-order valence-electron chi connectivity index (χ3n) is 5.70. The van der Waals surface area contributed by atoms with E-state index in [2.05, 4.69) is 28.6 Å². The van der Waals surface area contributed by atoms with E-state index in [1.165, 1.54) is 51.5 Å². The summed E-state index contributed by atoms with van der Waals surface area (Å²) in [7, 11) is 0. The zero-order valence-electron chi connectivity index (χ0n) is 12.5. The summed E-state index contributed by atoms with van der Waals surface area (Å²) >= 11 is 1.98. The van der Waals surface area contributed by atoms with Gasteiger partial charge in [0.15, 0.2) is 0 Å². The second kappa shape index (κ2) is 5.43. The fourth-order valence-electron chi connectivity index (χ4n) is 4.84. The van der Waals surface area contributed by atoms with Crippen LogP contribution in [0.15, 0.2) is 11.4 Å². The van der Waals surface area contributed by atoms with Crippen molar-refractivity contribution in [2.75, 3.05) is 6.54 Å². The highest BCUT2D eigenvalue weighted by molar-refractivity contribution is 7.10. The standard InChI is InChI=1S/C17H26N2S/c1-2-19(14-10-12-6-7-13(11-14)18-12)16-4-3-5-17-15(16)8-9-20-17/h8-9,12-14,16,18H,2-7,10-11H2,1H3. The molecule has 1 N–H and O–H groups in total. The van der Waals surface area contributed by atoms with Crippen LogP contribution in [0.1, 0.15) is 61.9 Å². The van der Waals surface area contributed by atoms with Gasteiger partial charge in [-0.2, -0.15) is 0 Å². The van der Waals surface area contributed by atoms with Crippen molar-refractivity contribution in [1.82, 2.24) is 10.2 Å². The highest BCUT2D eigenvalue weighted by Gasteiger charge is 2.38. The lowest BCUT2D eigenvalue weighted by Crippen LogP contribution is -2.49. The number of nitrogens with zero attached hydrogens (tertiary/aromatic N) is 1. The normalized spacial score (nSPS) is 36.3. The molecule has 2 bridgehead atoms. The number of aryl methyl sites for hydroxylation is 1. The third-order valence-corrected chi connectivity index (χ3v) is 6.70. The van der Waals surface area contributed by atoms with Gasteiger partial charge in [0.1, 0.15) is 0 Å². The molecule has 0 spiro atoms. The molecule has 2 nitrogen and oxygen atoms in total. The Morgan fingerprint density at radius 3 is 2.80 bits per heavy atom. The Balaban J connectivity index is 1.57. The van der Waals surface area contributed by atoms with Gasteiger partial charge in [-0.15, -0.1) is 11.3 Å². The van der Waals surface area contributed by atoms with Crippen LogP contribution < -0.4 is 5.32 Å². The Kier molecular flexibility index (Phi) is 3.61. The van der Waals surface area contributed by atoms with E-state index in [1.807, 2.05) is 11.3 Å². The minimum absolute atomic E-state index is 0.706. The summed E-state index contributed by atoms with van der Waals surface area (Å²) in [4.78, 5) is 4.51. The summed E-state index contributed by atoms with van der Waals surface area (Å²) in [5.41, 5.74) is 1.66. The first kappa shape index (κ1) is 13.3. The average molecular weight is 290 g/mol. The van der Waals surface area contributed by atoms with E-state index < -0.39 is 0 Å². The second-order valence-corrected chi connectivity index (χ2v) is 7.80. The van der Waals surface area contributed by atoms with Crippen molar-refractivity contribution in [3.05, 3.63) is 21.9 Å². The maximum Gasteiger partial charge on any atom is 0.0362 e. The molecule has 0 aromatic carbocycles. The molecule has 3 heteroatoms.